The first-order valence-electron chi connectivity index (χ1n) is 11.0. The molecule has 5 nitrogen and oxygen atoms in total. The number of hydrogen-bond donors (Lipinski definition) is 2. The molecule has 30 heavy (non-hydrogen) atoms. The minimum absolute atomic E-state index is 0.0398. The molecule has 1 aromatic heterocycles. The number of hydrogen-bond acceptors (Lipinski definition) is 4. The van der Waals surface area contributed by atoms with Crippen LogP contribution in [0.4, 0.5) is 13.2 Å². The van der Waals surface area contributed by atoms with Crippen molar-refractivity contribution < 1.29 is 22.7 Å². The summed E-state index contributed by atoms with van der Waals surface area (Å²) in [6.45, 7) is 2.97. The number of carbonyl (C=O) groups excluding carboxylic acids is 1. The molecule has 1 amide bonds. The summed E-state index contributed by atoms with van der Waals surface area (Å²) >= 11 is 0. The van der Waals surface area contributed by atoms with Crippen LogP contribution in [0.1, 0.15) is 49.7 Å². The maximum Gasteiger partial charge on any atom is 0.417 e. The molecule has 3 aliphatic rings. The number of ether oxygens (including phenoxy) is 1. The van der Waals surface area contributed by atoms with Gasteiger partial charge in [0.05, 0.1) is 11.0 Å². The topological polar surface area (TPSA) is 63.2 Å². The second-order valence-electron chi connectivity index (χ2n) is 9.08. The average Bonchev–Trinajstić information content (AvgIpc) is 3.44. The van der Waals surface area contributed by atoms with E-state index in [1.807, 2.05) is 0 Å². The van der Waals surface area contributed by atoms with Crippen molar-refractivity contribution in [2.45, 2.75) is 51.2 Å². The second kappa shape index (κ2) is 8.83. The lowest BCUT2D eigenvalue weighted by Gasteiger charge is -2.42. The first-order valence-corrected chi connectivity index (χ1v) is 11.0. The molecular weight excluding hydrogens is 395 g/mol. The van der Waals surface area contributed by atoms with E-state index in [1.54, 1.807) is 0 Å². The van der Waals surface area contributed by atoms with Gasteiger partial charge in [-0.3, -0.25) is 9.78 Å². The Morgan fingerprint density at radius 1 is 1.27 bits per heavy atom. The van der Waals surface area contributed by atoms with Crippen LogP contribution >= 0.6 is 0 Å². The summed E-state index contributed by atoms with van der Waals surface area (Å²) < 4.78 is 44.5. The van der Waals surface area contributed by atoms with E-state index in [0.717, 1.165) is 57.7 Å². The highest BCUT2D eigenvalue weighted by molar-refractivity contribution is 5.83. The van der Waals surface area contributed by atoms with E-state index >= 15 is 0 Å². The minimum atomic E-state index is -4.44. The van der Waals surface area contributed by atoms with Crippen molar-refractivity contribution in [2.24, 2.45) is 23.2 Å². The molecule has 0 spiro atoms. The Bertz CT molecular complexity index is 739. The van der Waals surface area contributed by atoms with Crippen LogP contribution in [0, 0.1) is 23.2 Å². The van der Waals surface area contributed by atoms with Gasteiger partial charge in [-0.25, -0.2) is 0 Å². The molecule has 8 heteroatoms. The molecule has 0 aromatic carbocycles. The van der Waals surface area contributed by atoms with E-state index < -0.39 is 17.2 Å². The Balaban J connectivity index is 1.50. The van der Waals surface area contributed by atoms with Gasteiger partial charge in [0, 0.05) is 38.7 Å². The zero-order valence-electron chi connectivity index (χ0n) is 17.1. The van der Waals surface area contributed by atoms with Crippen molar-refractivity contribution in [3.63, 3.8) is 0 Å². The second-order valence-corrected chi connectivity index (χ2v) is 9.08. The monoisotopic (exact) mass is 425 g/mol. The van der Waals surface area contributed by atoms with Crippen molar-refractivity contribution in [1.29, 1.82) is 0 Å². The van der Waals surface area contributed by atoms with Crippen molar-refractivity contribution in [2.75, 3.05) is 26.3 Å². The predicted octanol–water partition coefficient (Wildman–Crippen LogP) is 3.54. The lowest BCUT2D eigenvalue weighted by atomic mass is 9.64. The molecule has 1 aliphatic carbocycles. The van der Waals surface area contributed by atoms with Gasteiger partial charge in [-0.15, -0.1) is 0 Å². The van der Waals surface area contributed by atoms with E-state index in [1.165, 1.54) is 19.0 Å². The number of halogens is 3. The normalized spacial score (nSPS) is 26.5. The first-order chi connectivity index (χ1) is 14.4. The number of pyridine rings is 1. The summed E-state index contributed by atoms with van der Waals surface area (Å²) in [5.74, 6) is 1.40. The Morgan fingerprint density at radius 3 is 2.67 bits per heavy atom. The van der Waals surface area contributed by atoms with Gasteiger partial charge in [0.1, 0.15) is 0 Å². The number of rotatable bonds is 7. The molecule has 2 N–H and O–H groups in total. The Labute approximate surface area is 175 Å². The maximum absolute atomic E-state index is 13.5. The highest BCUT2D eigenvalue weighted by atomic mass is 19.4. The van der Waals surface area contributed by atoms with Gasteiger partial charge in [0.15, 0.2) is 0 Å². The van der Waals surface area contributed by atoms with Crippen LogP contribution in [-0.4, -0.2) is 37.2 Å². The van der Waals surface area contributed by atoms with Crippen LogP contribution in [0.3, 0.4) is 0 Å². The van der Waals surface area contributed by atoms with E-state index in [0.29, 0.717) is 23.9 Å². The number of carbonyl (C=O) groups is 1. The van der Waals surface area contributed by atoms with Gasteiger partial charge in [-0.1, -0.05) is 12.8 Å². The number of alkyl halides is 3. The summed E-state index contributed by atoms with van der Waals surface area (Å²) in [7, 11) is 0. The largest absolute Gasteiger partial charge is 0.417 e. The average molecular weight is 425 g/mol. The van der Waals surface area contributed by atoms with E-state index in [-0.39, 0.29) is 18.4 Å². The van der Waals surface area contributed by atoms with E-state index in [2.05, 4.69) is 15.6 Å². The van der Waals surface area contributed by atoms with Gasteiger partial charge in [0.25, 0.3) is 0 Å². The molecule has 3 fully saturated rings. The number of amides is 1. The van der Waals surface area contributed by atoms with E-state index in [9.17, 15) is 18.0 Å². The quantitative estimate of drug-likeness (QED) is 0.702. The molecule has 2 atom stereocenters. The minimum Gasteiger partial charge on any atom is -0.381 e. The van der Waals surface area contributed by atoms with Crippen molar-refractivity contribution in [3.8, 4) is 0 Å². The fraction of sp³-hybridized carbons (Fsp3) is 0.727. The number of nitrogens with one attached hydrogen (secondary N) is 2. The van der Waals surface area contributed by atoms with Crippen molar-refractivity contribution in [1.82, 2.24) is 15.6 Å². The Morgan fingerprint density at radius 2 is 2.03 bits per heavy atom. The summed E-state index contributed by atoms with van der Waals surface area (Å²) in [6.07, 6.45) is 4.01. The molecular formula is C22H30F3N3O2. The fourth-order valence-corrected chi connectivity index (χ4v) is 5.19. The SMILES string of the molecule is O=C(NCc1cncc(C(F)(F)F)c1)C1(C(CC2CC2)C2CCOCC2)CCNC1. The molecule has 2 aliphatic heterocycles. The lowest BCUT2D eigenvalue weighted by molar-refractivity contribution is -0.137. The third-order valence-electron chi connectivity index (χ3n) is 7.04. The molecule has 1 aromatic rings. The molecule has 0 bridgehead atoms. The van der Waals surface area contributed by atoms with Crippen LogP contribution in [0.25, 0.3) is 0 Å². The molecule has 4 rings (SSSR count). The van der Waals surface area contributed by atoms with Crippen LogP contribution in [-0.2, 0) is 22.3 Å². The molecule has 0 radical (unpaired) electrons. The predicted molar refractivity (Wildman–Crippen MR) is 105 cm³/mol. The highest BCUT2D eigenvalue weighted by Gasteiger charge is 2.51. The summed E-state index contributed by atoms with van der Waals surface area (Å²) in [5.41, 5.74) is -0.927. The smallest absolute Gasteiger partial charge is 0.381 e. The van der Waals surface area contributed by atoms with Crippen LogP contribution in [0.15, 0.2) is 18.5 Å². The molecule has 3 heterocycles. The molecule has 2 unspecified atom stereocenters. The first kappa shape index (κ1) is 21.6. The highest BCUT2D eigenvalue weighted by Crippen LogP contribution is 2.49. The zero-order valence-corrected chi connectivity index (χ0v) is 17.1. The van der Waals surface area contributed by atoms with Crippen LogP contribution in [0.2, 0.25) is 0 Å². The van der Waals surface area contributed by atoms with Gasteiger partial charge >= 0.3 is 6.18 Å². The van der Waals surface area contributed by atoms with Gasteiger partial charge in [-0.2, -0.15) is 13.2 Å². The fourth-order valence-electron chi connectivity index (χ4n) is 5.19. The van der Waals surface area contributed by atoms with Crippen molar-refractivity contribution >= 4 is 5.91 Å². The van der Waals surface area contributed by atoms with Crippen LogP contribution in [0.5, 0.6) is 0 Å². The standard InChI is InChI=1S/C22H30F3N3O2/c23-22(24,25)18-9-16(11-27-13-18)12-28-20(29)21(5-6-26-14-21)19(10-15-1-2-15)17-3-7-30-8-4-17/h9,11,13,15,17,19,26H,1-8,10,12,14H2,(H,28,29). The zero-order chi connectivity index (χ0) is 21.2. The van der Waals surface area contributed by atoms with Gasteiger partial charge in [-0.05, 0) is 61.6 Å². The van der Waals surface area contributed by atoms with Gasteiger partial charge < -0.3 is 15.4 Å². The Hall–Kier alpha value is -1.67. The Kier molecular flexibility index (Phi) is 6.34. The third-order valence-corrected chi connectivity index (χ3v) is 7.04. The van der Waals surface area contributed by atoms with Crippen molar-refractivity contribution in [3.05, 3.63) is 29.6 Å². The molecule has 2 saturated heterocycles. The molecule has 166 valence electrons. The number of aromatic nitrogens is 1. The maximum atomic E-state index is 13.5. The summed E-state index contributed by atoms with van der Waals surface area (Å²) in [4.78, 5) is 17.2. The lowest BCUT2D eigenvalue weighted by Crippen LogP contribution is -2.50. The van der Waals surface area contributed by atoms with Crippen LogP contribution < -0.4 is 10.6 Å². The molecule has 1 saturated carbocycles. The third kappa shape index (κ3) is 4.80. The number of nitrogens with zero attached hydrogens (tertiary/aromatic N) is 1. The van der Waals surface area contributed by atoms with Gasteiger partial charge in [0.2, 0.25) is 5.91 Å². The summed E-state index contributed by atoms with van der Waals surface area (Å²) in [5, 5.41) is 6.34. The van der Waals surface area contributed by atoms with E-state index in [4.69, 9.17) is 4.74 Å². The summed E-state index contributed by atoms with van der Waals surface area (Å²) in [6, 6.07) is 1.06.